The average Bonchev–Trinajstić information content (AvgIpc) is 2.04. The Hall–Kier alpha value is -0.120. The summed E-state index contributed by atoms with van der Waals surface area (Å²) in [6, 6.07) is 5.10. The molecule has 0 heterocycles. The largest absolute Gasteiger partial charge is 0.324 e. The Morgan fingerprint density at radius 2 is 2.23 bits per heavy atom. The van der Waals surface area contributed by atoms with Crippen LogP contribution in [0.15, 0.2) is 22.7 Å². The Morgan fingerprint density at radius 1 is 1.54 bits per heavy atom. The van der Waals surface area contributed by atoms with Gasteiger partial charge < -0.3 is 5.73 Å². The zero-order chi connectivity index (χ0) is 9.84. The maximum Gasteiger partial charge on any atom is 0.0912 e. The van der Waals surface area contributed by atoms with Gasteiger partial charge in [-0.3, -0.25) is 4.39 Å². The summed E-state index contributed by atoms with van der Waals surface area (Å²) >= 11 is 9.21. The fourth-order valence-corrected chi connectivity index (χ4v) is 1.89. The molecule has 1 rings (SSSR count). The molecule has 1 aromatic carbocycles. The van der Waals surface area contributed by atoms with Crippen LogP contribution in [-0.4, -0.2) is 6.67 Å². The first-order valence-corrected chi connectivity index (χ1v) is 5.08. The summed E-state index contributed by atoms with van der Waals surface area (Å²) in [5, 5.41) is 0.579. The molecule has 0 saturated carbocycles. The van der Waals surface area contributed by atoms with E-state index in [-0.39, 0.29) is 6.04 Å². The molecular formula is C9H10BrClFN. The van der Waals surface area contributed by atoms with Crippen molar-refractivity contribution in [2.75, 3.05) is 6.67 Å². The molecule has 0 saturated heterocycles. The highest BCUT2D eigenvalue weighted by atomic mass is 79.9. The van der Waals surface area contributed by atoms with Crippen LogP contribution in [0.25, 0.3) is 0 Å². The molecule has 0 aliphatic heterocycles. The van der Waals surface area contributed by atoms with Crippen LogP contribution < -0.4 is 5.73 Å². The van der Waals surface area contributed by atoms with Gasteiger partial charge >= 0.3 is 0 Å². The first-order chi connectivity index (χ1) is 6.15. The Bertz CT molecular complexity index is 293. The third kappa shape index (κ3) is 2.93. The van der Waals surface area contributed by atoms with Crippen LogP contribution in [-0.2, 0) is 0 Å². The molecule has 0 fully saturated rings. The first kappa shape index (κ1) is 11.0. The predicted molar refractivity (Wildman–Crippen MR) is 56.7 cm³/mol. The second kappa shape index (κ2) is 4.94. The molecule has 72 valence electrons. The van der Waals surface area contributed by atoms with Crippen molar-refractivity contribution in [1.29, 1.82) is 0 Å². The van der Waals surface area contributed by atoms with Crippen molar-refractivity contribution in [1.82, 2.24) is 0 Å². The first-order valence-electron chi connectivity index (χ1n) is 3.91. The van der Waals surface area contributed by atoms with E-state index in [0.29, 0.717) is 11.4 Å². The highest BCUT2D eigenvalue weighted by Gasteiger charge is 2.09. The molecule has 0 unspecified atom stereocenters. The van der Waals surface area contributed by atoms with E-state index < -0.39 is 6.67 Å². The number of hydrogen-bond donors (Lipinski definition) is 1. The number of hydrogen-bond acceptors (Lipinski definition) is 1. The van der Waals surface area contributed by atoms with Crippen molar-refractivity contribution in [3.63, 3.8) is 0 Å². The monoisotopic (exact) mass is 265 g/mol. The quantitative estimate of drug-likeness (QED) is 0.891. The van der Waals surface area contributed by atoms with E-state index in [2.05, 4.69) is 15.9 Å². The van der Waals surface area contributed by atoms with Gasteiger partial charge in [-0.15, -0.1) is 0 Å². The lowest BCUT2D eigenvalue weighted by atomic mass is 10.1. The van der Waals surface area contributed by atoms with Gasteiger partial charge in [0, 0.05) is 15.5 Å². The van der Waals surface area contributed by atoms with Crippen molar-refractivity contribution in [3.8, 4) is 0 Å². The van der Waals surface area contributed by atoms with Crippen LogP contribution in [0.3, 0.4) is 0 Å². The SMILES string of the molecule is N[C@H](CCF)c1ccc(Br)cc1Cl. The van der Waals surface area contributed by atoms with E-state index in [4.69, 9.17) is 17.3 Å². The van der Waals surface area contributed by atoms with Crippen LogP contribution in [0.4, 0.5) is 4.39 Å². The van der Waals surface area contributed by atoms with E-state index in [1.165, 1.54) is 0 Å². The van der Waals surface area contributed by atoms with Gasteiger partial charge in [-0.1, -0.05) is 33.6 Å². The molecule has 0 radical (unpaired) electrons. The minimum Gasteiger partial charge on any atom is -0.324 e. The number of halogens is 3. The Labute approximate surface area is 90.2 Å². The van der Waals surface area contributed by atoms with Gasteiger partial charge in [0.05, 0.1) is 6.67 Å². The molecule has 0 aliphatic carbocycles. The molecule has 0 aromatic heterocycles. The highest BCUT2D eigenvalue weighted by Crippen LogP contribution is 2.26. The summed E-state index contributed by atoms with van der Waals surface area (Å²) < 4.78 is 12.9. The Balaban J connectivity index is 2.88. The van der Waals surface area contributed by atoms with Crippen LogP contribution >= 0.6 is 27.5 Å². The second-order valence-electron chi connectivity index (χ2n) is 2.75. The lowest BCUT2D eigenvalue weighted by molar-refractivity contribution is 0.442. The Morgan fingerprint density at radius 3 is 2.77 bits per heavy atom. The highest BCUT2D eigenvalue weighted by molar-refractivity contribution is 9.10. The van der Waals surface area contributed by atoms with Crippen molar-refractivity contribution in [2.24, 2.45) is 5.73 Å². The number of alkyl halides is 1. The van der Waals surface area contributed by atoms with Crippen molar-refractivity contribution in [2.45, 2.75) is 12.5 Å². The van der Waals surface area contributed by atoms with Crippen LogP contribution in [0.5, 0.6) is 0 Å². The van der Waals surface area contributed by atoms with Crippen LogP contribution in [0.2, 0.25) is 5.02 Å². The number of rotatable bonds is 3. The Kier molecular flexibility index (Phi) is 4.16. The molecular weight excluding hydrogens is 256 g/mol. The van der Waals surface area contributed by atoms with Crippen molar-refractivity contribution >= 4 is 27.5 Å². The maximum atomic E-state index is 12.0. The van der Waals surface area contributed by atoms with Crippen molar-refractivity contribution < 1.29 is 4.39 Å². The molecule has 1 nitrogen and oxygen atoms in total. The normalized spacial score (nSPS) is 12.9. The zero-order valence-corrected chi connectivity index (χ0v) is 9.28. The predicted octanol–water partition coefficient (Wildman–Crippen LogP) is 3.46. The minimum atomic E-state index is -0.423. The second-order valence-corrected chi connectivity index (χ2v) is 4.07. The molecule has 0 aliphatic rings. The summed E-state index contributed by atoms with van der Waals surface area (Å²) in [6.45, 7) is -0.423. The van der Waals surface area contributed by atoms with Gasteiger partial charge in [-0.2, -0.15) is 0 Å². The van der Waals surface area contributed by atoms with E-state index in [9.17, 15) is 4.39 Å². The summed E-state index contributed by atoms with van der Waals surface area (Å²) in [5.74, 6) is 0. The molecule has 0 amide bonds. The minimum absolute atomic E-state index is 0.307. The van der Waals surface area contributed by atoms with Gasteiger partial charge in [0.1, 0.15) is 0 Å². The number of nitrogens with two attached hydrogens (primary N) is 1. The number of benzene rings is 1. The lowest BCUT2D eigenvalue weighted by Crippen LogP contribution is -2.11. The fraction of sp³-hybridized carbons (Fsp3) is 0.333. The van der Waals surface area contributed by atoms with Crippen molar-refractivity contribution in [3.05, 3.63) is 33.3 Å². The summed E-state index contributed by atoms with van der Waals surface area (Å²) in [5.41, 5.74) is 6.51. The molecule has 0 spiro atoms. The van der Waals surface area contributed by atoms with E-state index in [1.54, 1.807) is 6.07 Å². The smallest absolute Gasteiger partial charge is 0.0912 e. The van der Waals surface area contributed by atoms with Crippen LogP contribution in [0.1, 0.15) is 18.0 Å². The average molecular weight is 267 g/mol. The van der Waals surface area contributed by atoms with Gasteiger partial charge in [0.25, 0.3) is 0 Å². The van der Waals surface area contributed by atoms with Gasteiger partial charge in [-0.25, -0.2) is 0 Å². The summed E-state index contributed by atoms with van der Waals surface area (Å²) in [4.78, 5) is 0. The molecule has 2 N–H and O–H groups in total. The fourth-order valence-electron chi connectivity index (χ4n) is 1.08. The zero-order valence-electron chi connectivity index (χ0n) is 6.93. The van der Waals surface area contributed by atoms with Crippen LogP contribution in [0, 0.1) is 0 Å². The molecule has 0 bridgehead atoms. The molecule has 4 heteroatoms. The van der Waals surface area contributed by atoms with Gasteiger partial charge in [0.15, 0.2) is 0 Å². The molecule has 13 heavy (non-hydrogen) atoms. The van der Waals surface area contributed by atoms with E-state index in [0.717, 1.165) is 10.0 Å². The topological polar surface area (TPSA) is 26.0 Å². The maximum absolute atomic E-state index is 12.0. The third-order valence-corrected chi connectivity index (χ3v) is 2.60. The summed E-state index contributed by atoms with van der Waals surface area (Å²) in [7, 11) is 0. The third-order valence-electron chi connectivity index (χ3n) is 1.78. The van der Waals surface area contributed by atoms with E-state index in [1.807, 2.05) is 12.1 Å². The molecule has 1 atom stereocenters. The standard InChI is InChI=1S/C9H10BrClFN/c10-6-1-2-7(8(11)5-6)9(13)3-4-12/h1-2,5,9H,3-4,13H2/t9-/m1/s1. The summed E-state index contributed by atoms with van der Waals surface area (Å²) in [6.07, 6.45) is 0.307. The van der Waals surface area contributed by atoms with E-state index >= 15 is 0 Å². The molecule has 1 aromatic rings. The van der Waals surface area contributed by atoms with Gasteiger partial charge in [-0.05, 0) is 24.1 Å². The lowest BCUT2D eigenvalue weighted by Gasteiger charge is -2.11. The van der Waals surface area contributed by atoms with Gasteiger partial charge in [0.2, 0.25) is 0 Å².